The van der Waals surface area contributed by atoms with Crippen molar-refractivity contribution in [1.29, 1.82) is 0 Å². The Morgan fingerprint density at radius 2 is 2.10 bits per heavy atom. The maximum Gasteiger partial charge on any atom is 0.150 e. The van der Waals surface area contributed by atoms with Gasteiger partial charge in [-0.3, -0.25) is 9.48 Å². The number of aldehydes is 1. The van der Waals surface area contributed by atoms with Crippen LogP contribution in [0.4, 0.5) is 0 Å². The van der Waals surface area contributed by atoms with Crippen LogP contribution in [0.2, 0.25) is 0 Å². The minimum Gasteiger partial charge on any atom is -0.341 e. The van der Waals surface area contributed by atoms with Crippen molar-refractivity contribution in [2.75, 3.05) is 0 Å². The van der Waals surface area contributed by atoms with Crippen molar-refractivity contribution >= 4 is 17.2 Å². The number of rotatable bonds is 4. The third-order valence-electron chi connectivity index (χ3n) is 3.55. The van der Waals surface area contributed by atoms with Crippen molar-refractivity contribution in [2.24, 2.45) is 0 Å². The van der Waals surface area contributed by atoms with Gasteiger partial charge in [-0.05, 0) is 44.2 Å². The Labute approximate surface area is 117 Å². The SMILES string of the molecule is CCn1nc(C)cc1Cn1ccc2cc(C=O)ccc21. The highest BCUT2D eigenvalue weighted by Crippen LogP contribution is 2.19. The van der Waals surface area contributed by atoms with E-state index >= 15 is 0 Å². The first kappa shape index (κ1) is 12.7. The molecular weight excluding hydrogens is 250 g/mol. The van der Waals surface area contributed by atoms with Crippen LogP contribution in [0.5, 0.6) is 0 Å². The lowest BCUT2D eigenvalue weighted by Gasteiger charge is -2.07. The summed E-state index contributed by atoms with van der Waals surface area (Å²) in [5.41, 5.74) is 4.09. The lowest BCUT2D eigenvalue weighted by Crippen LogP contribution is -2.07. The predicted octanol–water partition coefficient (Wildman–Crippen LogP) is 3.03. The molecule has 0 aliphatic rings. The number of carbonyl (C=O) groups is 1. The maximum absolute atomic E-state index is 10.8. The highest BCUT2D eigenvalue weighted by molar-refractivity contribution is 5.87. The first-order valence-corrected chi connectivity index (χ1v) is 6.78. The molecule has 0 unspecified atom stereocenters. The zero-order valence-electron chi connectivity index (χ0n) is 11.7. The van der Waals surface area contributed by atoms with Gasteiger partial charge in [0.15, 0.2) is 0 Å². The van der Waals surface area contributed by atoms with Crippen molar-refractivity contribution in [1.82, 2.24) is 14.3 Å². The molecule has 1 aromatic carbocycles. The molecule has 0 amide bonds. The summed E-state index contributed by atoms with van der Waals surface area (Å²) < 4.78 is 4.22. The van der Waals surface area contributed by atoms with E-state index in [2.05, 4.69) is 28.9 Å². The van der Waals surface area contributed by atoms with Crippen LogP contribution in [-0.2, 0) is 13.1 Å². The molecule has 20 heavy (non-hydrogen) atoms. The second kappa shape index (κ2) is 4.96. The normalized spacial score (nSPS) is 11.1. The first-order chi connectivity index (χ1) is 9.71. The van der Waals surface area contributed by atoms with Crippen LogP contribution in [-0.4, -0.2) is 20.6 Å². The Bertz CT molecular complexity index is 767. The van der Waals surface area contributed by atoms with E-state index in [-0.39, 0.29) is 0 Å². The van der Waals surface area contributed by atoms with Crippen LogP contribution in [0, 0.1) is 6.92 Å². The minimum atomic E-state index is 0.713. The minimum absolute atomic E-state index is 0.713. The molecule has 102 valence electrons. The standard InChI is InChI=1S/C16H17N3O/c1-3-19-15(8-12(2)17-19)10-18-7-6-14-9-13(11-20)4-5-16(14)18/h4-9,11H,3,10H2,1-2H3. The zero-order valence-corrected chi connectivity index (χ0v) is 11.7. The largest absolute Gasteiger partial charge is 0.341 e. The van der Waals surface area contributed by atoms with Crippen LogP contribution in [0.25, 0.3) is 10.9 Å². The number of aryl methyl sites for hydroxylation is 2. The summed E-state index contributed by atoms with van der Waals surface area (Å²) >= 11 is 0. The van der Waals surface area contributed by atoms with Crippen LogP contribution < -0.4 is 0 Å². The molecule has 0 spiro atoms. The second-order valence-electron chi connectivity index (χ2n) is 4.97. The van der Waals surface area contributed by atoms with Crippen molar-refractivity contribution in [3.63, 3.8) is 0 Å². The fraction of sp³-hybridized carbons (Fsp3) is 0.250. The fourth-order valence-electron chi connectivity index (χ4n) is 2.60. The third-order valence-corrected chi connectivity index (χ3v) is 3.55. The van der Waals surface area contributed by atoms with Gasteiger partial charge in [0.05, 0.1) is 17.9 Å². The summed E-state index contributed by atoms with van der Waals surface area (Å²) in [6.45, 7) is 5.77. The van der Waals surface area contributed by atoms with Gasteiger partial charge in [-0.2, -0.15) is 5.10 Å². The number of fused-ring (bicyclic) bond motifs is 1. The Morgan fingerprint density at radius 3 is 2.85 bits per heavy atom. The van der Waals surface area contributed by atoms with Gasteiger partial charge >= 0.3 is 0 Å². The average Bonchev–Trinajstić information content (AvgIpc) is 3.02. The summed E-state index contributed by atoms with van der Waals surface area (Å²) in [5, 5.41) is 5.57. The molecule has 3 aromatic rings. The second-order valence-corrected chi connectivity index (χ2v) is 4.97. The molecule has 0 radical (unpaired) electrons. The van der Waals surface area contributed by atoms with E-state index < -0.39 is 0 Å². The molecule has 0 N–H and O–H groups in total. The van der Waals surface area contributed by atoms with Crippen LogP contribution in [0.3, 0.4) is 0 Å². The molecule has 0 fully saturated rings. The molecule has 0 saturated carbocycles. The van der Waals surface area contributed by atoms with E-state index in [1.54, 1.807) is 0 Å². The molecule has 4 heteroatoms. The summed E-state index contributed by atoms with van der Waals surface area (Å²) in [7, 11) is 0. The van der Waals surface area contributed by atoms with Crippen molar-refractivity contribution in [3.8, 4) is 0 Å². The van der Waals surface area contributed by atoms with E-state index in [1.807, 2.05) is 35.9 Å². The first-order valence-electron chi connectivity index (χ1n) is 6.78. The van der Waals surface area contributed by atoms with Gasteiger partial charge in [0.25, 0.3) is 0 Å². The van der Waals surface area contributed by atoms with E-state index in [0.29, 0.717) is 5.56 Å². The maximum atomic E-state index is 10.8. The summed E-state index contributed by atoms with van der Waals surface area (Å²) in [5.74, 6) is 0. The summed E-state index contributed by atoms with van der Waals surface area (Å²) in [4.78, 5) is 10.8. The van der Waals surface area contributed by atoms with Gasteiger partial charge in [0, 0.05) is 29.2 Å². The van der Waals surface area contributed by atoms with E-state index in [0.717, 1.165) is 36.0 Å². The topological polar surface area (TPSA) is 39.8 Å². The van der Waals surface area contributed by atoms with Gasteiger partial charge in [0.2, 0.25) is 0 Å². The van der Waals surface area contributed by atoms with Gasteiger partial charge in [-0.1, -0.05) is 0 Å². The predicted molar refractivity (Wildman–Crippen MR) is 79.1 cm³/mol. The number of hydrogen-bond donors (Lipinski definition) is 0. The highest BCUT2D eigenvalue weighted by atomic mass is 16.1. The van der Waals surface area contributed by atoms with E-state index in [9.17, 15) is 4.79 Å². The van der Waals surface area contributed by atoms with Crippen LogP contribution in [0.15, 0.2) is 36.5 Å². The molecule has 2 aromatic heterocycles. The molecule has 0 atom stereocenters. The average molecular weight is 267 g/mol. The number of hydrogen-bond acceptors (Lipinski definition) is 2. The number of carbonyl (C=O) groups excluding carboxylic acids is 1. The van der Waals surface area contributed by atoms with Crippen molar-refractivity contribution in [2.45, 2.75) is 26.9 Å². The summed E-state index contributed by atoms with van der Waals surface area (Å²) in [6, 6.07) is 9.94. The van der Waals surface area contributed by atoms with E-state index in [4.69, 9.17) is 0 Å². The zero-order chi connectivity index (χ0) is 14.1. The van der Waals surface area contributed by atoms with Gasteiger partial charge in [-0.15, -0.1) is 0 Å². The molecule has 2 heterocycles. The number of benzene rings is 1. The number of nitrogens with zero attached hydrogens (tertiary/aromatic N) is 3. The lowest BCUT2D eigenvalue weighted by atomic mass is 10.2. The fourth-order valence-corrected chi connectivity index (χ4v) is 2.60. The number of aromatic nitrogens is 3. The molecular formula is C16H17N3O. The Balaban J connectivity index is 2.00. The molecule has 0 bridgehead atoms. The molecule has 0 aliphatic carbocycles. The van der Waals surface area contributed by atoms with Gasteiger partial charge in [0.1, 0.15) is 6.29 Å². The quantitative estimate of drug-likeness (QED) is 0.682. The van der Waals surface area contributed by atoms with E-state index in [1.165, 1.54) is 5.69 Å². The van der Waals surface area contributed by atoms with Crippen molar-refractivity contribution in [3.05, 3.63) is 53.5 Å². The Kier molecular flexibility index (Phi) is 3.14. The molecule has 0 aliphatic heterocycles. The Morgan fingerprint density at radius 1 is 1.25 bits per heavy atom. The van der Waals surface area contributed by atoms with Gasteiger partial charge in [-0.25, -0.2) is 0 Å². The molecule has 0 saturated heterocycles. The van der Waals surface area contributed by atoms with Crippen molar-refractivity contribution < 1.29 is 4.79 Å². The third kappa shape index (κ3) is 2.13. The van der Waals surface area contributed by atoms with Crippen LogP contribution >= 0.6 is 0 Å². The molecule has 3 rings (SSSR count). The highest BCUT2D eigenvalue weighted by Gasteiger charge is 2.07. The lowest BCUT2D eigenvalue weighted by molar-refractivity contribution is 0.112. The summed E-state index contributed by atoms with van der Waals surface area (Å²) in [6.07, 6.45) is 2.94. The Hall–Kier alpha value is -2.36. The smallest absolute Gasteiger partial charge is 0.150 e. The monoisotopic (exact) mass is 267 g/mol. The molecule has 4 nitrogen and oxygen atoms in total. The van der Waals surface area contributed by atoms with Gasteiger partial charge < -0.3 is 4.57 Å². The van der Waals surface area contributed by atoms with Crippen LogP contribution in [0.1, 0.15) is 28.7 Å².